The van der Waals surface area contributed by atoms with E-state index >= 15 is 0 Å². The number of aliphatic hydroxyl groups excluding tert-OH is 1. The van der Waals surface area contributed by atoms with Gasteiger partial charge in [-0.15, -0.1) is 0 Å². The topological polar surface area (TPSA) is 39.1 Å². The number of rotatable bonds is 4. The summed E-state index contributed by atoms with van der Waals surface area (Å²) in [5.74, 6) is 1.24. The van der Waals surface area contributed by atoms with Crippen molar-refractivity contribution in [2.45, 2.75) is 26.3 Å². The lowest BCUT2D eigenvalue weighted by atomic mass is 10.0. The molecule has 0 unspecified atom stereocenters. The molecule has 0 amide bonds. The van der Waals surface area contributed by atoms with Gasteiger partial charge in [0.2, 0.25) is 0 Å². The molecular weight excluding hydrogens is 342 g/mol. The minimum Gasteiger partial charge on any atom is -0.504 e. The van der Waals surface area contributed by atoms with Crippen LogP contribution in [0.4, 0.5) is 0 Å². The minimum absolute atomic E-state index is 0.243. The summed E-state index contributed by atoms with van der Waals surface area (Å²) in [4.78, 5) is 8.97. The van der Waals surface area contributed by atoms with E-state index in [4.69, 9.17) is 0 Å². The number of aliphatic imine (C=N–C) groups is 1. The van der Waals surface area contributed by atoms with Gasteiger partial charge in [0.1, 0.15) is 11.5 Å². The zero-order valence-corrected chi connectivity index (χ0v) is 15.9. The van der Waals surface area contributed by atoms with Crippen LogP contribution in [-0.4, -0.2) is 39.9 Å². The Labute approximate surface area is 158 Å². The molecule has 1 aromatic heterocycles. The fraction of sp³-hybridized carbons (Fsp3) is 0.286. The van der Waals surface area contributed by atoms with Gasteiger partial charge in [-0.1, -0.05) is 30.3 Å². The van der Waals surface area contributed by atoms with Crippen molar-refractivity contribution >= 4 is 17.2 Å². The molecule has 5 heteroatoms. The molecule has 2 aliphatic heterocycles. The fourth-order valence-electron chi connectivity index (χ4n) is 3.42. The Balaban J connectivity index is 1.63. The lowest BCUT2D eigenvalue weighted by molar-refractivity contribution is 0.242. The van der Waals surface area contributed by atoms with Crippen LogP contribution in [-0.2, 0) is 6.42 Å². The summed E-state index contributed by atoms with van der Waals surface area (Å²) in [6, 6.07) is 10.9. The Hall–Kier alpha value is -2.53. The molecule has 0 atom stereocenters. The van der Waals surface area contributed by atoms with Crippen molar-refractivity contribution in [3.05, 3.63) is 70.5 Å². The van der Waals surface area contributed by atoms with Crippen molar-refractivity contribution in [3.63, 3.8) is 0 Å². The highest BCUT2D eigenvalue weighted by molar-refractivity contribution is 7.08. The summed E-state index contributed by atoms with van der Waals surface area (Å²) in [5, 5.41) is 14.7. The van der Waals surface area contributed by atoms with Gasteiger partial charge in [0.05, 0.1) is 6.20 Å². The van der Waals surface area contributed by atoms with E-state index < -0.39 is 0 Å². The largest absolute Gasteiger partial charge is 0.504 e. The van der Waals surface area contributed by atoms with Gasteiger partial charge in [-0.05, 0) is 41.3 Å². The van der Waals surface area contributed by atoms with Gasteiger partial charge in [-0.25, -0.2) is 4.99 Å². The van der Waals surface area contributed by atoms with Crippen LogP contribution in [0.1, 0.15) is 19.4 Å². The zero-order valence-electron chi connectivity index (χ0n) is 15.1. The van der Waals surface area contributed by atoms with Gasteiger partial charge < -0.3 is 14.9 Å². The first kappa shape index (κ1) is 16.9. The number of benzene rings is 1. The second-order valence-electron chi connectivity index (χ2n) is 6.91. The van der Waals surface area contributed by atoms with Crippen LogP contribution in [0.5, 0.6) is 0 Å². The molecule has 1 N–H and O–H groups in total. The SMILES string of the molecule is CC(C)N1C=C2C(O)=CN=C(Cc3cscc3-c3ccccc3)N2CC1. The molecule has 2 aliphatic rings. The first-order valence-electron chi connectivity index (χ1n) is 8.95. The van der Waals surface area contributed by atoms with Crippen molar-refractivity contribution in [2.75, 3.05) is 13.1 Å². The van der Waals surface area contributed by atoms with E-state index in [0.29, 0.717) is 6.04 Å². The Morgan fingerprint density at radius 3 is 2.73 bits per heavy atom. The minimum atomic E-state index is 0.243. The van der Waals surface area contributed by atoms with Crippen LogP contribution in [0.25, 0.3) is 11.1 Å². The Kier molecular flexibility index (Phi) is 4.55. The molecule has 0 bridgehead atoms. The monoisotopic (exact) mass is 365 g/mol. The molecule has 0 saturated heterocycles. The average molecular weight is 366 g/mol. The maximum Gasteiger partial charge on any atom is 0.159 e. The van der Waals surface area contributed by atoms with Gasteiger partial charge in [-0.3, -0.25) is 0 Å². The number of fused-ring (bicyclic) bond motifs is 1. The molecule has 4 rings (SSSR count). The van der Waals surface area contributed by atoms with E-state index in [1.807, 2.05) is 6.07 Å². The number of hydrogen-bond acceptors (Lipinski definition) is 5. The maximum absolute atomic E-state index is 10.3. The van der Waals surface area contributed by atoms with E-state index in [2.05, 4.69) is 69.9 Å². The van der Waals surface area contributed by atoms with Crippen molar-refractivity contribution in [1.29, 1.82) is 0 Å². The highest BCUT2D eigenvalue weighted by Crippen LogP contribution is 2.30. The van der Waals surface area contributed by atoms with E-state index in [9.17, 15) is 5.11 Å². The van der Waals surface area contributed by atoms with Crippen molar-refractivity contribution in [2.24, 2.45) is 4.99 Å². The first-order valence-corrected chi connectivity index (χ1v) is 9.89. The summed E-state index contributed by atoms with van der Waals surface area (Å²) in [5.41, 5.74) is 4.63. The maximum atomic E-state index is 10.3. The Bertz CT molecular complexity index is 880. The lowest BCUT2D eigenvalue weighted by Gasteiger charge is -2.39. The average Bonchev–Trinajstić information content (AvgIpc) is 3.12. The molecule has 0 aliphatic carbocycles. The van der Waals surface area contributed by atoms with Crippen LogP contribution < -0.4 is 0 Å². The van der Waals surface area contributed by atoms with Crippen LogP contribution in [0.15, 0.2) is 69.9 Å². The second-order valence-corrected chi connectivity index (χ2v) is 7.65. The number of hydrogen-bond donors (Lipinski definition) is 1. The summed E-state index contributed by atoms with van der Waals surface area (Å²) in [6.07, 6.45) is 4.40. The first-order chi connectivity index (χ1) is 12.6. The van der Waals surface area contributed by atoms with Crippen molar-refractivity contribution in [3.8, 4) is 11.1 Å². The number of amidine groups is 1. The predicted molar refractivity (Wildman–Crippen MR) is 108 cm³/mol. The molecule has 2 aromatic rings. The van der Waals surface area contributed by atoms with E-state index in [1.165, 1.54) is 16.7 Å². The molecule has 1 aromatic carbocycles. The number of nitrogens with zero attached hydrogens (tertiary/aromatic N) is 3. The van der Waals surface area contributed by atoms with Crippen LogP contribution >= 0.6 is 11.3 Å². The molecule has 0 fully saturated rings. The molecule has 0 saturated carbocycles. The molecule has 0 radical (unpaired) electrons. The second kappa shape index (κ2) is 7.00. The van der Waals surface area contributed by atoms with Crippen molar-refractivity contribution in [1.82, 2.24) is 9.80 Å². The summed E-state index contributed by atoms with van der Waals surface area (Å²) >= 11 is 1.72. The number of aliphatic hydroxyl groups is 1. The summed E-state index contributed by atoms with van der Waals surface area (Å²) < 4.78 is 0. The smallest absolute Gasteiger partial charge is 0.159 e. The zero-order chi connectivity index (χ0) is 18.1. The van der Waals surface area contributed by atoms with Gasteiger partial charge in [0, 0.05) is 31.8 Å². The van der Waals surface area contributed by atoms with Gasteiger partial charge in [0.15, 0.2) is 5.76 Å². The normalized spacial score (nSPS) is 17.0. The standard InChI is InChI=1S/C21H23N3OS/c1-15(2)23-8-9-24-19(12-23)20(25)11-22-21(24)10-17-13-26-14-18(17)16-6-4-3-5-7-16/h3-7,11-15,25H,8-10H2,1-2H3. The molecular formula is C21H23N3OS. The highest BCUT2D eigenvalue weighted by Gasteiger charge is 2.28. The van der Waals surface area contributed by atoms with E-state index in [1.54, 1.807) is 17.5 Å². The molecule has 4 nitrogen and oxygen atoms in total. The summed E-state index contributed by atoms with van der Waals surface area (Å²) in [7, 11) is 0. The molecule has 3 heterocycles. The van der Waals surface area contributed by atoms with E-state index in [-0.39, 0.29) is 5.76 Å². The molecule has 134 valence electrons. The van der Waals surface area contributed by atoms with Crippen LogP contribution in [0.3, 0.4) is 0 Å². The van der Waals surface area contributed by atoms with Crippen LogP contribution in [0.2, 0.25) is 0 Å². The quantitative estimate of drug-likeness (QED) is 0.858. The molecule has 26 heavy (non-hydrogen) atoms. The van der Waals surface area contributed by atoms with Gasteiger partial charge in [0.25, 0.3) is 0 Å². The Morgan fingerprint density at radius 1 is 1.15 bits per heavy atom. The van der Waals surface area contributed by atoms with Gasteiger partial charge >= 0.3 is 0 Å². The highest BCUT2D eigenvalue weighted by atomic mass is 32.1. The third kappa shape index (κ3) is 3.15. The summed E-state index contributed by atoms with van der Waals surface area (Å²) in [6.45, 7) is 6.11. The van der Waals surface area contributed by atoms with Crippen LogP contribution in [0, 0.1) is 0 Å². The van der Waals surface area contributed by atoms with Crippen molar-refractivity contribution < 1.29 is 5.11 Å². The Morgan fingerprint density at radius 2 is 1.96 bits per heavy atom. The third-order valence-corrected chi connectivity index (χ3v) is 5.70. The number of thiophene rings is 1. The van der Waals surface area contributed by atoms with Gasteiger partial charge in [-0.2, -0.15) is 11.3 Å². The third-order valence-electron chi connectivity index (χ3n) is 4.91. The van der Waals surface area contributed by atoms with E-state index in [0.717, 1.165) is 31.0 Å². The molecule has 0 spiro atoms. The predicted octanol–water partition coefficient (Wildman–Crippen LogP) is 4.64. The fourth-order valence-corrected chi connectivity index (χ4v) is 4.29. The lowest BCUT2D eigenvalue weighted by Crippen LogP contribution is -2.45.